The number of hydrogen-bond donors (Lipinski definition) is 1. The number of nitrogens with zero attached hydrogens (tertiary/aromatic N) is 4. The van der Waals surface area contributed by atoms with Crippen LogP contribution in [0.4, 0.5) is 0 Å². The Morgan fingerprint density at radius 2 is 2.04 bits per heavy atom. The van der Waals surface area contributed by atoms with Gasteiger partial charge in [0.15, 0.2) is 11.6 Å². The van der Waals surface area contributed by atoms with E-state index in [4.69, 9.17) is 0 Å². The molecular formula is C18H24ClN5O. The minimum absolute atomic E-state index is 0. The van der Waals surface area contributed by atoms with Gasteiger partial charge in [0.1, 0.15) is 6.04 Å². The van der Waals surface area contributed by atoms with E-state index in [1.807, 2.05) is 34.6 Å². The van der Waals surface area contributed by atoms with Gasteiger partial charge in [0.05, 0.1) is 12.6 Å². The summed E-state index contributed by atoms with van der Waals surface area (Å²) in [5.41, 5.74) is 1.25. The first-order valence-electron chi connectivity index (χ1n) is 8.74. The fraction of sp³-hybridized carbons (Fsp3) is 0.500. The van der Waals surface area contributed by atoms with Gasteiger partial charge in [-0.25, -0.2) is 0 Å². The number of benzene rings is 1. The van der Waals surface area contributed by atoms with Gasteiger partial charge in [-0.3, -0.25) is 9.36 Å². The maximum atomic E-state index is 12.8. The first-order chi connectivity index (χ1) is 11.7. The molecule has 2 aromatic rings. The molecule has 1 N–H and O–H groups in total. The SMILES string of the molecule is C[C@H]1C(=O)N(CCc2ccccc2)Cc2nnc(C3CCCN3)n21.Cl. The highest BCUT2D eigenvalue weighted by Gasteiger charge is 2.35. The summed E-state index contributed by atoms with van der Waals surface area (Å²) in [5, 5.41) is 12.2. The van der Waals surface area contributed by atoms with Gasteiger partial charge in [0.2, 0.25) is 5.91 Å². The molecule has 7 heteroatoms. The third-order valence-corrected chi connectivity index (χ3v) is 5.07. The van der Waals surface area contributed by atoms with Gasteiger partial charge in [-0.05, 0) is 38.3 Å². The van der Waals surface area contributed by atoms with Gasteiger partial charge < -0.3 is 10.2 Å². The summed E-state index contributed by atoms with van der Waals surface area (Å²) in [4.78, 5) is 14.7. The van der Waals surface area contributed by atoms with Crippen molar-refractivity contribution in [2.75, 3.05) is 13.1 Å². The molecule has 1 aromatic heterocycles. The summed E-state index contributed by atoms with van der Waals surface area (Å²) in [7, 11) is 0. The number of carbonyl (C=O) groups excluding carboxylic acids is 1. The van der Waals surface area contributed by atoms with E-state index in [1.165, 1.54) is 5.56 Å². The molecule has 1 saturated heterocycles. The molecule has 134 valence electrons. The molecule has 6 nitrogen and oxygen atoms in total. The predicted molar refractivity (Wildman–Crippen MR) is 97.5 cm³/mol. The highest BCUT2D eigenvalue weighted by Crippen LogP contribution is 2.29. The smallest absolute Gasteiger partial charge is 0.245 e. The number of aromatic nitrogens is 3. The summed E-state index contributed by atoms with van der Waals surface area (Å²) in [6.07, 6.45) is 3.08. The Hall–Kier alpha value is -1.92. The Kier molecular flexibility index (Phi) is 5.39. The van der Waals surface area contributed by atoms with Crippen LogP contribution in [0.5, 0.6) is 0 Å². The van der Waals surface area contributed by atoms with Crippen LogP contribution in [-0.4, -0.2) is 38.7 Å². The van der Waals surface area contributed by atoms with Crippen LogP contribution in [0.15, 0.2) is 30.3 Å². The van der Waals surface area contributed by atoms with Gasteiger partial charge in [-0.2, -0.15) is 0 Å². The van der Waals surface area contributed by atoms with Gasteiger partial charge in [0, 0.05) is 6.54 Å². The monoisotopic (exact) mass is 361 g/mol. The Morgan fingerprint density at radius 3 is 2.76 bits per heavy atom. The van der Waals surface area contributed by atoms with Crippen LogP contribution in [0.25, 0.3) is 0 Å². The molecule has 3 heterocycles. The van der Waals surface area contributed by atoms with Crippen molar-refractivity contribution in [3.8, 4) is 0 Å². The molecule has 0 bridgehead atoms. The van der Waals surface area contributed by atoms with E-state index in [9.17, 15) is 4.79 Å². The zero-order valence-electron chi connectivity index (χ0n) is 14.4. The highest BCUT2D eigenvalue weighted by molar-refractivity contribution is 5.85. The lowest BCUT2D eigenvalue weighted by Crippen LogP contribution is -2.43. The van der Waals surface area contributed by atoms with Crippen molar-refractivity contribution in [2.45, 2.75) is 44.8 Å². The van der Waals surface area contributed by atoms with E-state index < -0.39 is 0 Å². The van der Waals surface area contributed by atoms with Crippen molar-refractivity contribution >= 4 is 18.3 Å². The molecule has 0 radical (unpaired) electrons. The summed E-state index contributed by atoms with van der Waals surface area (Å²) in [6.45, 7) is 4.24. The Labute approximate surface area is 154 Å². The van der Waals surface area contributed by atoms with Crippen molar-refractivity contribution < 1.29 is 4.79 Å². The molecule has 1 unspecified atom stereocenters. The molecule has 0 aliphatic carbocycles. The lowest BCUT2D eigenvalue weighted by Gasteiger charge is -2.32. The molecule has 2 aliphatic heterocycles. The average Bonchev–Trinajstić information content (AvgIpc) is 3.27. The summed E-state index contributed by atoms with van der Waals surface area (Å²) >= 11 is 0. The molecule has 4 rings (SSSR count). The third-order valence-electron chi connectivity index (χ3n) is 5.07. The van der Waals surface area contributed by atoms with E-state index in [0.717, 1.165) is 44.0 Å². The fourth-order valence-electron chi connectivity index (χ4n) is 3.73. The van der Waals surface area contributed by atoms with Crippen molar-refractivity contribution in [1.82, 2.24) is 25.0 Å². The number of fused-ring (bicyclic) bond motifs is 1. The fourth-order valence-corrected chi connectivity index (χ4v) is 3.73. The molecule has 1 fully saturated rings. The zero-order valence-corrected chi connectivity index (χ0v) is 15.2. The quantitative estimate of drug-likeness (QED) is 0.907. The maximum Gasteiger partial charge on any atom is 0.245 e. The molecular weight excluding hydrogens is 338 g/mol. The Morgan fingerprint density at radius 1 is 1.24 bits per heavy atom. The van der Waals surface area contributed by atoms with Crippen LogP contribution < -0.4 is 5.32 Å². The van der Waals surface area contributed by atoms with Crippen LogP contribution in [0.1, 0.15) is 49.1 Å². The molecule has 0 saturated carbocycles. The molecule has 25 heavy (non-hydrogen) atoms. The van der Waals surface area contributed by atoms with E-state index in [2.05, 4.69) is 27.6 Å². The van der Waals surface area contributed by atoms with Gasteiger partial charge in [0.25, 0.3) is 0 Å². The molecule has 0 spiro atoms. The van der Waals surface area contributed by atoms with Crippen LogP contribution in [0, 0.1) is 0 Å². The molecule has 1 aromatic carbocycles. The average molecular weight is 362 g/mol. The zero-order chi connectivity index (χ0) is 16.5. The maximum absolute atomic E-state index is 12.8. The lowest BCUT2D eigenvalue weighted by molar-refractivity contribution is -0.137. The first-order valence-corrected chi connectivity index (χ1v) is 8.74. The van der Waals surface area contributed by atoms with Crippen molar-refractivity contribution in [3.05, 3.63) is 47.5 Å². The largest absolute Gasteiger partial charge is 0.333 e. The standard InChI is InChI=1S/C18H23N5O.ClH/c1-13-18(24)22(11-9-14-6-3-2-4-7-14)12-16-20-21-17(23(13)16)15-8-5-10-19-15;/h2-4,6-7,13,15,19H,5,8-12H2,1H3;1H/t13-,15?;/m0./s1. The van der Waals surface area contributed by atoms with Crippen LogP contribution in [0.3, 0.4) is 0 Å². The van der Waals surface area contributed by atoms with Gasteiger partial charge in [-0.15, -0.1) is 22.6 Å². The number of amides is 1. The summed E-state index contributed by atoms with van der Waals surface area (Å²) in [5.74, 6) is 1.99. The normalized spacial score (nSPS) is 22.6. The van der Waals surface area contributed by atoms with Crippen LogP contribution in [-0.2, 0) is 17.8 Å². The van der Waals surface area contributed by atoms with Crippen LogP contribution >= 0.6 is 12.4 Å². The molecule has 2 atom stereocenters. The van der Waals surface area contributed by atoms with Crippen molar-refractivity contribution in [3.63, 3.8) is 0 Å². The van der Waals surface area contributed by atoms with Gasteiger partial charge >= 0.3 is 0 Å². The van der Waals surface area contributed by atoms with E-state index in [-0.39, 0.29) is 30.4 Å². The van der Waals surface area contributed by atoms with Crippen molar-refractivity contribution in [1.29, 1.82) is 0 Å². The Balaban J connectivity index is 0.00000182. The lowest BCUT2D eigenvalue weighted by atomic mass is 10.1. The highest BCUT2D eigenvalue weighted by atomic mass is 35.5. The molecule has 2 aliphatic rings. The minimum atomic E-state index is -0.225. The predicted octanol–water partition coefficient (Wildman–Crippen LogP) is 2.27. The molecule has 1 amide bonds. The summed E-state index contributed by atoms with van der Waals surface area (Å²) in [6, 6.07) is 10.3. The van der Waals surface area contributed by atoms with E-state index >= 15 is 0 Å². The van der Waals surface area contributed by atoms with Crippen molar-refractivity contribution in [2.24, 2.45) is 0 Å². The summed E-state index contributed by atoms with van der Waals surface area (Å²) < 4.78 is 2.05. The first kappa shape index (κ1) is 17.9. The second-order valence-electron chi connectivity index (χ2n) is 6.66. The minimum Gasteiger partial charge on any atom is -0.333 e. The number of nitrogens with one attached hydrogen (secondary N) is 1. The number of halogens is 1. The second kappa shape index (κ2) is 7.54. The van der Waals surface area contributed by atoms with Crippen LogP contribution in [0.2, 0.25) is 0 Å². The Bertz CT molecular complexity index is 726. The second-order valence-corrected chi connectivity index (χ2v) is 6.66. The number of rotatable bonds is 4. The van der Waals surface area contributed by atoms with Gasteiger partial charge in [-0.1, -0.05) is 30.3 Å². The van der Waals surface area contributed by atoms with E-state index in [0.29, 0.717) is 6.54 Å². The number of hydrogen-bond acceptors (Lipinski definition) is 4. The third kappa shape index (κ3) is 3.41. The number of carbonyl (C=O) groups is 1. The topological polar surface area (TPSA) is 63.1 Å². The van der Waals surface area contributed by atoms with E-state index in [1.54, 1.807) is 0 Å².